The normalized spacial score (nSPS) is 12.0. The van der Waals surface area contributed by atoms with Gasteiger partial charge in [0.15, 0.2) is 17.7 Å². The quantitative estimate of drug-likeness (QED) is 0.855. The summed E-state index contributed by atoms with van der Waals surface area (Å²) in [6.07, 6.45) is -2.24. The first-order valence-corrected chi connectivity index (χ1v) is 4.46. The minimum atomic E-state index is -3.42. The number of benzene rings is 1. The van der Waals surface area contributed by atoms with Gasteiger partial charge in [-0.1, -0.05) is 6.07 Å². The third kappa shape index (κ3) is 2.70. The topological polar surface area (TPSA) is 90.5 Å². The highest BCUT2D eigenvalue weighted by atomic mass is 19.3. The molecule has 1 unspecified atom stereocenters. The lowest BCUT2D eigenvalue weighted by atomic mass is 10.1. The molecule has 0 saturated carbocycles. The van der Waals surface area contributed by atoms with Crippen LogP contribution in [0.1, 0.15) is 17.2 Å². The molecule has 1 rings (SSSR count). The van der Waals surface area contributed by atoms with Crippen molar-refractivity contribution in [2.45, 2.75) is 12.7 Å². The van der Waals surface area contributed by atoms with Crippen LogP contribution in [0.25, 0.3) is 0 Å². The summed E-state index contributed by atoms with van der Waals surface area (Å²) in [6, 6.07) is 3.06. The van der Waals surface area contributed by atoms with Crippen LogP contribution in [0.3, 0.4) is 0 Å². The fourth-order valence-electron chi connectivity index (χ4n) is 1.21. The van der Waals surface area contributed by atoms with Crippen molar-refractivity contribution in [1.82, 2.24) is 0 Å². The Hall–Kier alpha value is -2.27. The Bertz CT molecular complexity index is 513. The maximum atomic E-state index is 13.5. The van der Waals surface area contributed by atoms with Gasteiger partial charge in [-0.25, -0.2) is 9.18 Å². The van der Waals surface area contributed by atoms with Crippen LogP contribution in [0.5, 0.6) is 5.75 Å². The number of halogens is 3. The molecule has 0 aromatic heterocycles. The summed E-state index contributed by atoms with van der Waals surface area (Å²) in [4.78, 5) is 10.5. The zero-order valence-corrected chi connectivity index (χ0v) is 8.60. The summed E-state index contributed by atoms with van der Waals surface area (Å²) in [5, 5.41) is 26.2. The number of ether oxygens (including phenoxy) is 1. The van der Waals surface area contributed by atoms with E-state index < -0.39 is 41.4 Å². The molecule has 1 aromatic rings. The maximum Gasteiger partial charge on any atom is 0.387 e. The van der Waals surface area contributed by atoms with Crippen LogP contribution < -0.4 is 4.74 Å². The van der Waals surface area contributed by atoms with Gasteiger partial charge in [0.25, 0.3) is 0 Å². The van der Waals surface area contributed by atoms with E-state index in [0.29, 0.717) is 0 Å². The van der Waals surface area contributed by atoms with Gasteiger partial charge in [0.1, 0.15) is 6.07 Å². The highest BCUT2D eigenvalue weighted by molar-refractivity contribution is 5.75. The molecule has 0 heterocycles. The highest BCUT2D eigenvalue weighted by Crippen LogP contribution is 2.31. The molecule has 96 valence electrons. The van der Waals surface area contributed by atoms with Gasteiger partial charge in [0, 0.05) is 5.56 Å². The number of aliphatic hydroxyl groups excluding tert-OH is 1. The molecule has 2 N–H and O–H groups in total. The summed E-state index contributed by atoms with van der Waals surface area (Å²) in [6.45, 7) is -3.42. The van der Waals surface area contributed by atoms with E-state index in [1.54, 1.807) is 0 Å². The standard InChI is InChI=1S/C10H6F3NO4/c11-6-4(3-14)1-2-5(7(15)9(16)17)8(6)18-10(12)13/h1-2,7,10,15H,(H,16,17). The molecule has 1 aromatic carbocycles. The molecule has 0 aliphatic carbocycles. The smallest absolute Gasteiger partial charge is 0.387 e. The van der Waals surface area contributed by atoms with Gasteiger partial charge in [-0.2, -0.15) is 14.0 Å². The predicted molar refractivity (Wildman–Crippen MR) is 50.3 cm³/mol. The summed E-state index contributed by atoms with van der Waals surface area (Å²) in [7, 11) is 0. The van der Waals surface area contributed by atoms with Crippen molar-refractivity contribution in [2.75, 3.05) is 0 Å². The van der Waals surface area contributed by atoms with E-state index in [0.717, 1.165) is 12.1 Å². The highest BCUT2D eigenvalue weighted by Gasteiger charge is 2.26. The fraction of sp³-hybridized carbons (Fsp3) is 0.200. The molecular formula is C10H6F3NO4. The molecule has 8 heteroatoms. The van der Waals surface area contributed by atoms with Gasteiger partial charge in [0.2, 0.25) is 0 Å². The van der Waals surface area contributed by atoms with Crippen LogP contribution in [0.2, 0.25) is 0 Å². The van der Waals surface area contributed by atoms with Gasteiger partial charge >= 0.3 is 12.6 Å². The fourth-order valence-corrected chi connectivity index (χ4v) is 1.21. The number of aliphatic hydroxyl groups is 1. The Kier molecular flexibility index (Phi) is 4.12. The maximum absolute atomic E-state index is 13.5. The zero-order chi connectivity index (χ0) is 13.9. The van der Waals surface area contributed by atoms with E-state index in [-0.39, 0.29) is 0 Å². The Morgan fingerprint density at radius 2 is 2.06 bits per heavy atom. The lowest BCUT2D eigenvalue weighted by Gasteiger charge is -2.14. The van der Waals surface area contributed by atoms with Gasteiger partial charge < -0.3 is 14.9 Å². The Labute approximate surface area is 98.6 Å². The Morgan fingerprint density at radius 3 is 2.50 bits per heavy atom. The van der Waals surface area contributed by atoms with Crippen molar-refractivity contribution >= 4 is 5.97 Å². The molecule has 0 saturated heterocycles. The van der Waals surface area contributed by atoms with Crippen molar-refractivity contribution in [3.8, 4) is 11.8 Å². The largest absolute Gasteiger partial charge is 0.479 e. The number of carboxylic acids is 1. The lowest BCUT2D eigenvalue weighted by molar-refractivity contribution is -0.147. The van der Waals surface area contributed by atoms with E-state index >= 15 is 0 Å². The first-order chi connectivity index (χ1) is 8.38. The second-order valence-corrected chi connectivity index (χ2v) is 3.08. The molecule has 0 radical (unpaired) electrons. The third-order valence-corrected chi connectivity index (χ3v) is 1.98. The van der Waals surface area contributed by atoms with E-state index in [1.807, 2.05) is 0 Å². The molecule has 0 amide bonds. The minimum absolute atomic E-state index is 0.605. The van der Waals surface area contributed by atoms with Crippen LogP contribution in [-0.4, -0.2) is 22.8 Å². The number of carbonyl (C=O) groups is 1. The monoisotopic (exact) mass is 261 g/mol. The van der Waals surface area contributed by atoms with Crippen molar-refractivity contribution < 1.29 is 32.9 Å². The van der Waals surface area contributed by atoms with Crippen molar-refractivity contribution in [3.05, 3.63) is 29.1 Å². The summed E-state index contributed by atoms with van der Waals surface area (Å²) >= 11 is 0. The molecule has 0 spiro atoms. The van der Waals surface area contributed by atoms with Crippen LogP contribution in [0.4, 0.5) is 13.2 Å². The zero-order valence-electron chi connectivity index (χ0n) is 8.60. The SMILES string of the molecule is N#Cc1ccc(C(O)C(=O)O)c(OC(F)F)c1F. The summed E-state index contributed by atoms with van der Waals surface area (Å²) in [5.74, 6) is -4.37. The van der Waals surface area contributed by atoms with Crippen LogP contribution in [-0.2, 0) is 4.79 Å². The Balaban J connectivity index is 3.38. The first-order valence-electron chi connectivity index (χ1n) is 4.46. The van der Waals surface area contributed by atoms with Crippen molar-refractivity contribution in [3.63, 3.8) is 0 Å². The third-order valence-electron chi connectivity index (χ3n) is 1.98. The number of hydrogen-bond donors (Lipinski definition) is 2. The number of rotatable bonds is 4. The van der Waals surface area contributed by atoms with E-state index in [9.17, 15) is 23.1 Å². The molecular weight excluding hydrogens is 255 g/mol. The van der Waals surface area contributed by atoms with Gasteiger partial charge in [-0.15, -0.1) is 0 Å². The molecule has 0 aliphatic rings. The second kappa shape index (κ2) is 5.37. The van der Waals surface area contributed by atoms with Crippen molar-refractivity contribution in [1.29, 1.82) is 5.26 Å². The van der Waals surface area contributed by atoms with Crippen LogP contribution >= 0.6 is 0 Å². The summed E-state index contributed by atoms with van der Waals surface area (Å²) < 4.78 is 41.5. The van der Waals surface area contributed by atoms with Gasteiger partial charge in [-0.3, -0.25) is 0 Å². The predicted octanol–water partition coefficient (Wildman–Crippen LogP) is 1.42. The number of nitrogens with zero attached hydrogens (tertiary/aromatic N) is 1. The van der Waals surface area contributed by atoms with E-state index in [1.165, 1.54) is 6.07 Å². The minimum Gasteiger partial charge on any atom is -0.479 e. The molecule has 0 aliphatic heterocycles. The van der Waals surface area contributed by atoms with Gasteiger partial charge in [-0.05, 0) is 6.07 Å². The molecule has 1 atom stereocenters. The van der Waals surface area contributed by atoms with E-state index in [4.69, 9.17) is 10.4 Å². The average Bonchev–Trinajstić information content (AvgIpc) is 2.30. The molecule has 0 fully saturated rings. The average molecular weight is 261 g/mol. The van der Waals surface area contributed by atoms with Gasteiger partial charge in [0.05, 0.1) is 5.56 Å². The second-order valence-electron chi connectivity index (χ2n) is 3.08. The number of nitriles is 1. The number of aliphatic carboxylic acids is 1. The van der Waals surface area contributed by atoms with Crippen LogP contribution in [0, 0.1) is 17.1 Å². The molecule has 0 bridgehead atoms. The summed E-state index contributed by atoms with van der Waals surface area (Å²) in [5.41, 5.74) is -1.30. The first kappa shape index (κ1) is 13.8. The number of carboxylic acid groups (broad SMARTS) is 1. The Morgan fingerprint density at radius 1 is 1.44 bits per heavy atom. The number of alkyl halides is 2. The molecule has 18 heavy (non-hydrogen) atoms. The lowest BCUT2D eigenvalue weighted by Crippen LogP contribution is -2.15. The van der Waals surface area contributed by atoms with E-state index in [2.05, 4.69) is 4.74 Å². The molecule has 5 nitrogen and oxygen atoms in total. The van der Waals surface area contributed by atoms with Crippen LogP contribution in [0.15, 0.2) is 12.1 Å². The van der Waals surface area contributed by atoms with Crippen molar-refractivity contribution in [2.24, 2.45) is 0 Å². The number of hydrogen-bond acceptors (Lipinski definition) is 4.